The first kappa shape index (κ1) is 31.0. The average molecular weight is 633 g/mol. The Morgan fingerprint density at radius 2 is 2.00 bits per heavy atom. The normalized spacial score (nSPS) is 15.0. The highest BCUT2D eigenvalue weighted by atomic mass is 19.1. The van der Waals surface area contributed by atoms with E-state index in [1.165, 1.54) is 0 Å². The molecule has 0 fully saturated rings. The van der Waals surface area contributed by atoms with Crippen LogP contribution in [0.15, 0.2) is 40.1 Å². The summed E-state index contributed by atoms with van der Waals surface area (Å²) in [5.41, 5.74) is 3.24. The van der Waals surface area contributed by atoms with Crippen LogP contribution < -0.4 is 21.3 Å². The molecule has 0 saturated carbocycles. The maximum atomic E-state index is 13.7. The van der Waals surface area contributed by atoms with Crippen LogP contribution in [0.5, 0.6) is 5.75 Å². The van der Waals surface area contributed by atoms with Gasteiger partial charge in [0.15, 0.2) is 17.7 Å². The number of unbranched alkanes of at least 4 members (excludes halogenated alkanes) is 3. The maximum absolute atomic E-state index is 13.7. The largest absolute Gasteiger partial charge is 0.493 e. The topological polar surface area (TPSA) is 169 Å². The van der Waals surface area contributed by atoms with Gasteiger partial charge >= 0.3 is 11.7 Å². The van der Waals surface area contributed by atoms with Gasteiger partial charge in [0.1, 0.15) is 12.4 Å². The van der Waals surface area contributed by atoms with Gasteiger partial charge in [0, 0.05) is 35.0 Å². The Balaban J connectivity index is 1.11. The molecule has 6 rings (SSSR count). The molecule has 5 heterocycles. The number of H-pyrrole nitrogens is 1. The maximum Gasteiger partial charge on any atom is 0.346 e. The van der Waals surface area contributed by atoms with Gasteiger partial charge in [-0.1, -0.05) is 12.8 Å². The fourth-order valence-electron chi connectivity index (χ4n) is 5.85. The van der Waals surface area contributed by atoms with Gasteiger partial charge < -0.3 is 29.4 Å². The van der Waals surface area contributed by atoms with Crippen molar-refractivity contribution in [1.82, 2.24) is 24.4 Å². The summed E-state index contributed by atoms with van der Waals surface area (Å²) in [4.78, 5) is 61.0. The zero-order valence-electron chi connectivity index (χ0n) is 25.4. The molecule has 2 aliphatic rings. The van der Waals surface area contributed by atoms with E-state index >= 15 is 0 Å². The lowest BCUT2D eigenvalue weighted by molar-refractivity contribution is -0.157. The Kier molecular flexibility index (Phi) is 8.65. The number of hydrogen-bond donors (Lipinski definition) is 3. The van der Waals surface area contributed by atoms with Crippen molar-refractivity contribution in [3.05, 3.63) is 79.4 Å². The number of carbonyl (C=O) groups is 2. The lowest BCUT2D eigenvalue weighted by atomic mass is 10.00. The third-order valence-corrected chi connectivity index (χ3v) is 8.09. The summed E-state index contributed by atoms with van der Waals surface area (Å²) in [6, 6.07) is 7.47. The number of aliphatic hydroxyl groups is 1. The number of cyclic esters (lactones) is 1. The van der Waals surface area contributed by atoms with E-state index in [1.54, 1.807) is 10.6 Å². The van der Waals surface area contributed by atoms with Crippen LogP contribution in [-0.2, 0) is 34.0 Å². The number of nitrogens with zero attached hydrogens (tertiary/aromatic N) is 4. The van der Waals surface area contributed by atoms with Crippen molar-refractivity contribution in [3.8, 4) is 17.1 Å². The molecule has 46 heavy (non-hydrogen) atoms. The molecule has 1 amide bonds. The number of amides is 1. The number of esters is 1. The summed E-state index contributed by atoms with van der Waals surface area (Å²) in [5, 5.41) is 13.6. The number of halogens is 1. The van der Waals surface area contributed by atoms with E-state index in [2.05, 4.69) is 15.3 Å². The van der Waals surface area contributed by atoms with Crippen LogP contribution in [0.3, 0.4) is 0 Å². The lowest BCUT2D eigenvalue weighted by Gasteiger charge is -2.21. The molecule has 1 aromatic carbocycles. The van der Waals surface area contributed by atoms with E-state index in [1.807, 2.05) is 37.2 Å². The molecular formula is C32H33FN6O7. The fourth-order valence-corrected chi connectivity index (χ4v) is 5.85. The number of fused-ring (bicyclic) bond motifs is 5. The molecule has 1 atom stereocenters. The summed E-state index contributed by atoms with van der Waals surface area (Å²) in [5.74, 6) is -1.52. The number of benzene rings is 1. The molecule has 2 aliphatic heterocycles. The molecular weight excluding hydrogens is 599 g/mol. The van der Waals surface area contributed by atoms with Crippen LogP contribution in [0.25, 0.3) is 22.3 Å². The number of anilines is 1. The van der Waals surface area contributed by atoms with Crippen molar-refractivity contribution in [3.63, 3.8) is 0 Å². The zero-order valence-corrected chi connectivity index (χ0v) is 25.4. The summed E-state index contributed by atoms with van der Waals surface area (Å²) in [7, 11) is 3.93. The number of aromatic amines is 1. The molecule has 3 N–H and O–H groups in total. The molecule has 0 radical (unpaired) electrons. The Labute approximate surface area is 262 Å². The number of pyridine rings is 2. The highest BCUT2D eigenvalue weighted by molar-refractivity contribution is 5.90. The van der Waals surface area contributed by atoms with Crippen molar-refractivity contribution in [1.29, 1.82) is 0 Å². The van der Waals surface area contributed by atoms with Gasteiger partial charge in [-0.2, -0.15) is 4.98 Å². The summed E-state index contributed by atoms with van der Waals surface area (Å²) in [6.07, 6.45) is 2.39. The minimum atomic E-state index is -1.51. The van der Waals surface area contributed by atoms with E-state index in [-0.39, 0.29) is 35.5 Å². The van der Waals surface area contributed by atoms with Gasteiger partial charge in [0.2, 0.25) is 5.91 Å². The lowest BCUT2D eigenvalue weighted by Crippen LogP contribution is -2.32. The average Bonchev–Trinajstić information content (AvgIpc) is 3.38. The molecule has 4 aromatic rings. The van der Waals surface area contributed by atoms with Crippen molar-refractivity contribution in [2.45, 2.75) is 57.9 Å². The molecule has 3 aromatic heterocycles. The molecule has 0 spiro atoms. The molecule has 13 nitrogen and oxygen atoms in total. The summed E-state index contributed by atoms with van der Waals surface area (Å²) >= 11 is 0. The number of nitrogens with one attached hydrogen (secondary N) is 2. The Hall–Kier alpha value is -4.95. The number of rotatable bonds is 11. The van der Waals surface area contributed by atoms with Crippen LogP contribution in [0, 0.1) is 5.82 Å². The van der Waals surface area contributed by atoms with Crippen molar-refractivity contribution < 1.29 is 28.6 Å². The van der Waals surface area contributed by atoms with E-state index < -0.39 is 29.5 Å². The minimum absolute atomic E-state index is 0.171. The second kappa shape index (κ2) is 12.8. The minimum Gasteiger partial charge on any atom is -0.493 e. The third-order valence-electron chi connectivity index (χ3n) is 8.09. The second-order valence-corrected chi connectivity index (χ2v) is 11.7. The third kappa shape index (κ3) is 6.13. The molecule has 0 unspecified atom stereocenters. The summed E-state index contributed by atoms with van der Waals surface area (Å²) in [6.45, 7) is 1.20. The zero-order chi connectivity index (χ0) is 32.5. The van der Waals surface area contributed by atoms with Crippen LogP contribution in [0.1, 0.15) is 60.5 Å². The quantitative estimate of drug-likeness (QED) is 0.145. The van der Waals surface area contributed by atoms with Crippen LogP contribution in [0.2, 0.25) is 0 Å². The Bertz CT molecular complexity index is 1970. The Morgan fingerprint density at radius 3 is 2.80 bits per heavy atom. The van der Waals surface area contributed by atoms with Gasteiger partial charge in [-0.25, -0.2) is 19.0 Å². The highest BCUT2D eigenvalue weighted by Gasteiger charge is 2.34. The van der Waals surface area contributed by atoms with Crippen molar-refractivity contribution >= 4 is 28.6 Å². The van der Waals surface area contributed by atoms with E-state index in [4.69, 9.17) is 14.5 Å². The van der Waals surface area contributed by atoms with Crippen molar-refractivity contribution in [2.24, 2.45) is 0 Å². The van der Waals surface area contributed by atoms with E-state index in [0.717, 1.165) is 53.2 Å². The molecule has 0 aliphatic carbocycles. The predicted octanol–water partition coefficient (Wildman–Crippen LogP) is 2.77. The number of aromatic nitrogens is 4. The van der Waals surface area contributed by atoms with Gasteiger partial charge in [-0.05, 0) is 51.2 Å². The van der Waals surface area contributed by atoms with Crippen LogP contribution >= 0.6 is 0 Å². The molecule has 14 heteroatoms. The van der Waals surface area contributed by atoms with Crippen LogP contribution in [0.4, 0.5) is 10.2 Å². The number of carbonyl (C=O) groups excluding carboxylic acids is 2. The molecule has 0 bridgehead atoms. The Morgan fingerprint density at radius 1 is 1.20 bits per heavy atom. The SMILES string of the molecule is CN(C)Cc1c(OCCCCCCC(=O)Nc2[nH]c(=O)ncc2F)ccc2nc3c(cc12)Cn1c-3cc2c(c1=O)COC(=O)[C@H]2O. The first-order valence-corrected chi connectivity index (χ1v) is 15.0. The van der Waals surface area contributed by atoms with E-state index in [0.29, 0.717) is 37.5 Å². The van der Waals surface area contributed by atoms with Gasteiger partial charge in [-0.15, -0.1) is 0 Å². The van der Waals surface area contributed by atoms with Crippen molar-refractivity contribution in [2.75, 3.05) is 26.0 Å². The van der Waals surface area contributed by atoms with E-state index in [9.17, 15) is 28.7 Å². The highest BCUT2D eigenvalue weighted by Crippen LogP contribution is 2.37. The number of hydrogen-bond acceptors (Lipinski definition) is 10. The smallest absolute Gasteiger partial charge is 0.346 e. The van der Waals surface area contributed by atoms with Gasteiger partial charge in [0.25, 0.3) is 5.56 Å². The number of ether oxygens (including phenoxy) is 2. The first-order chi connectivity index (χ1) is 22.1. The predicted molar refractivity (Wildman–Crippen MR) is 165 cm³/mol. The molecule has 0 saturated heterocycles. The fraction of sp³-hybridized carbons (Fsp3) is 0.375. The first-order valence-electron chi connectivity index (χ1n) is 15.0. The monoisotopic (exact) mass is 632 g/mol. The number of aliphatic hydroxyl groups excluding tert-OH is 1. The standard InChI is InChI=1S/C32H33FN6O7/c1-38(2)15-20-18-11-17-14-39-24(12-19-21(30(39)42)16-46-31(43)28(19)41)27(17)35-23(18)8-9-25(20)45-10-6-4-3-5-7-26(40)36-29-22(33)13-34-32(44)37-29/h8-9,11-13,28,41H,3-7,10,14-16H2,1-2H3,(H2,34,36,37,40,44)/t28-/m0/s1. The summed E-state index contributed by atoms with van der Waals surface area (Å²) < 4.78 is 26.5. The van der Waals surface area contributed by atoms with Gasteiger partial charge in [0.05, 0.1) is 41.8 Å². The second-order valence-electron chi connectivity index (χ2n) is 11.7. The van der Waals surface area contributed by atoms with Gasteiger partial charge in [-0.3, -0.25) is 14.6 Å². The van der Waals surface area contributed by atoms with Crippen LogP contribution in [-0.4, -0.2) is 62.1 Å². The molecule has 240 valence electrons.